The van der Waals surface area contributed by atoms with E-state index in [0.29, 0.717) is 19.0 Å². The van der Waals surface area contributed by atoms with Gasteiger partial charge in [0.15, 0.2) is 0 Å². The minimum Gasteiger partial charge on any atom is -0.480 e. The first-order valence-corrected chi connectivity index (χ1v) is 15.2. The molecule has 1 aliphatic heterocycles. The van der Waals surface area contributed by atoms with Gasteiger partial charge >= 0.3 is 5.97 Å². The SMILES string of the molecule is CC(C)(C)C(C(=O)O)N(c1cccc(Cl)c1)S(=O)(=O)c1cccc(C(=O)N2CCC(Cc3ccccc3)CC2)c1. The second kappa shape index (κ2) is 12.0. The molecule has 1 fully saturated rings. The third-order valence-electron chi connectivity index (χ3n) is 7.26. The molecule has 1 unspecified atom stereocenters. The maximum atomic E-state index is 14.1. The largest absolute Gasteiger partial charge is 0.480 e. The zero-order chi connectivity index (χ0) is 29.1. The zero-order valence-electron chi connectivity index (χ0n) is 23.0. The van der Waals surface area contributed by atoms with Crippen LogP contribution >= 0.6 is 11.6 Å². The summed E-state index contributed by atoms with van der Waals surface area (Å²) in [6.07, 6.45) is 2.70. The highest BCUT2D eigenvalue weighted by Crippen LogP contribution is 2.35. The van der Waals surface area contributed by atoms with Crippen LogP contribution in [0.5, 0.6) is 0 Å². The van der Waals surface area contributed by atoms with E-state index in [1.54, 1.807) is 43.9 Å². The highest BCUT2D eigenvalue weighted by Gasteiger charge is 2.43. The fraction of sp³-hybridized carbons (Fsp3) is 0.355. The predicted octanol–water partition coefficient (Wildman–Crippen LogP) is 6.13. The maximum Gasteiger partial charge on any atom is 0.328 e. The quantitative estimate of drug-likeness (QED) is 0.345. The van der Waals surface area contributed by atoms with E-state index in [9.17, 15) is 23.1 Å². The number of rotatable bonds is 8. The number of piperidine rings is 1. The molecule has 7 nitrogen and oxygen atoms in total. The van der Waals surface area contributed by atoms with Crippen LogP contribution in [0.25, 0.3) is 0 Å². The van der Waals surface area contributed by atoms with Crippen molar-refractivity contribution in [1.29, 1.82) is 0 Å². The Morgan fingerprint density at radius 1 is 0.975 bits per heavy atom. The Morgan fingerprint density at radius 2 is 1.62 bits per heavy atom. The average molecular weight is 583 g/mol. The molecule has 1 N–H and O–H groups in total. The number of carboxylic acids is 1. The normalized spacial score (nSPS) is 15.4. The number of carboxylic acid groups (broad SMARTS) is 1. The van der Waals surface area contributed by atoms with E-state index in [2.05, 4.69) is 12.1 Å². The lowest BCUT2D eigenvalue weighted by Gasteiger charge is -2.38. The van der Waals surface area contributed by atoms with Gasteiger partial charge in [0.2, 0.25) is 0 Å². The molecule has 0 aromatic heterocycles. The smallest absolute Gasteiger partial charge is 0.328 e. The van der Waals surface area contributed by atoms with E-state index in [0.717, 1.165) is 23.6 Å². The van der Waals surface area contributed by atoms with E-state index in [1.165, 1.54) is 35.9 Å². The van der Waals surface area contributed by atoms with Crippen LogP contribution in [0, 0.1) is 11.3 Å². The molecule has 1 atom stereocenters. The third-order valence-corrected chi connectivity index (χ3v) is 9.28. The molecule has 1 aliphatic rings. The number of halogens is 1. The van der Waals surface area contributed by atoms with Crippen molar-refractivity contribution in [3.05, 3.63) is 95.0 Å². The summed E-state index contributed by atoms with van der Waals surface area (Å²) in [6, 6.07) is 20.8. The highest BCUT2D eigenvalue weighted by atomic mass is 35.5. The molecule has 4 rings (SSSR count). The summed E-state index contributed by atoms with van der Waals surface area (Å²) < 4.78 is 29.1. The summed E-state index contributed by atoms with van der Waals surface area (Å²) >= 11 is 6.17. The Hall–Kier alpha value is -3.36. The van der Waals surface area contributed by atoms with Gasteiger partial charge in [-0.15, -0.1) is 0 Å². The molecule has 1 saturated heterocycles. The maximum absolute atomic E-state index is 14.1. The van der Waals surface area contributed by atoms with Crippen LogP contribution < -0.4 is 4.31 Å². The van der Waals surface area contributed by atoms with Gasteiger partial charge in [-0.25, -0.2) is 13.2 Å². The molecule has 9 heteroatoms. The number of carbonyl (C=O) groups excluding carboxylic acids is 1. The molecule has 0 radical (unpaired) electrons. The van der Waals surface area contributed by atoms with Crippen LogP contribution in [0.4, 0.5) is 5.69 Å². The first-order chi connectivity index (χ1) is 18.9. The third kappa shape index (κ3) is 6.67. The number of amides is 1. The molecule has 3 aromatic carbocycles. The zero-order valence-corrected chi connectivity index (χ0v) is 24.5. The number of carbonyl (C=O) groups is 2. The highest BCUT2D eigenvalue weighted by molar-refractivity contribution is 7.93. The number of nitrogens with zero attached hydrogens (tertiary/aromatic N) is 2. The second-order valence-corrected chi connectivity index (χ2v) is 13.6. The standard InChI is InChI=1S/C31H35ClN2O5S/c1-31(2,3)28(30(36)37)34(26-13-8-12-25(32)21-26)40(38,39)27-14-7-11-24(20-27)29(35)33-17-15-23(16-18-33)19-22-9-5-4-6-10-22/h4-14,20-21,23,28H,15-19H2,1-3H3,(H,36,37). The van der Waals surface area contributed by atoms with Gasteiger partial charge in [0.05, 0.1) is 10.6 Å². The van der Waals surface area contributed by atoms with Crippen LogP contribution in [0.15, 0.2) is 83.8 Å². The predicted molar refractivity (Wildman–Crippen MR) is 157 cm³/mol. The van der Waals surface area contributed by atoms with Gasteiger partial charge < -0.3 is 10.0 Å². The van der Waals surface area contributed by atoms with Crippen molar-refractivity contribution in [1.82, 2.24) is 4.90 Å². The Bertz CT molecular complexity index is 1460. The summed E-state index contributed by atoms with van der Waals surface area (Å²) in [5, 5.41) is 10.4. The summed E-state index contributed by atoms with van der Waals surface area (Å²) in [5.41, 5.74) is 0.700. The number of hydrogen-bond donors (Lipinski definition) is 1. The number of anilines is 1. The van der Waals surface area contributed by atoms with Gasteiger partial charge in [0.1, 0.15) is 6.04 Å². The summed E-state index contributed by atoms with van der Waals surface area (Å²) in [6.45, 7) is 6.18. The number of aliphatic carboxylic acids is 1. The number of benzene rings is 3. The van der Waals surface area contributed by atoms with Crippen molar-refractivity contribution in [2.24, 2.45) is 11.3 Å². The molecule has 0 spiro atoms. The van der Waals surface area contributed by atoms with Crippen LogP contribution in [0.2, 0.25) is 5.02 Å². The monoisotopic (exact) mass is 582 g/mol. The number of likely N-dealkylation sites (tertiary alicyclic amines) is 1. The first kappa shape index (κ1) is 29.6. The Balaban J connectivity index is 1.60. The van der Waals surface area contributed by atoms with Crippen molar-refractivity contribution in [3.8, 4) is 0 Å². The van der Waals surface area contributed by atoms with E-state index in [-0.39, 0.29) is 27.1 Å². The Morgan fingerprint density at radius 3 is 2.23 bits per heavy atom. The van der Waals surface area contributed by atoms with Crippen molar-refractivity contribution >= 4 is 39.2 Å². The van der Waals surface area contributed by atoms with Gasteiger partial charge in [-0.1, -0.05) is 74.8 Å². The van der Waals surface area contributed by atoms with Crippen molar-refractivity contribution < 1.29 is 23.1 Å². The lowest BCUT2D eigenvalue weighted by Crippen LogP contribution is -2.52. The molecule has 0 aliphatic carbocycles. The topological polar surface area (TPSA) is 95.0 Å². The summed E-state index contributed by atoms with van der Waals surface area (Å²) in [4.78, 5) is 27.5. The lowest BCUT2D eigenvalue weighted by atomic mass is 9.86. The fourth-order valence-electron chi connectivity index (χ4n) is 5.24. The molecule has 0 saturated carbocycles. The molecule has 3 aromatic rings. The molecular formula is C31H35ClN2O5S. The minimum atomic E-state index is -4.41. The number of sulfonamides is 1. The van der Waals surface area contributed by atoms with Crippen molar-refractivity contribution in [2.45, 2.75) is 51.0 Å². The van der Waals surface area contributed by atoms with E-state index < -0.39 is 27.4 Å². The molecular weight excluding hydrogens is 548 g/mol. The molecule has 1 amide bonds. The van der Waals surface area contributed by atoms with Crippen molar-refractivity contribution in [2.75, 3.05) is 17.4 Å². The molecule has 0 bridgehead atoms. The van der Waals surface area contributed by atoms with Gasteiger partial charge in [-0.3, -0.25) is 9.10 Å². The van der Waals surface area contributed by atoms with Crippen LogP contribution in [0.3, 0.4) is 0 Å². The Kier molecular flexibility index (Phi) is 8.90. The molecule has 212 valence electrons. The molecule has 40 heavy (non-hydrogen) atoms. The van der Waals surface area contributed by atoms with Crippen LogP contribution in [0.1, 0.15) is 49.5 Å². The fourth-order valence-corrected chi connectivity index (χ4v) is 7.25. The van der Waals surface area contributed by atoms with Crippen molar-refractivity contribution in [3.63, 3.8) is 0 Å². The lowest BCUT2D eigenvalue weighted by molar-refractivity contribution is -0.140. The first-order valence-electron chi connectivity index (χ1n) is 13.3. The van der Waals surface area contributed by atoms with Gasteiger partial charge in [-0.05, 0) is 72.6 Å². The Labute approximate surface area is 241 Å². The van der Waals surface area contributed by atoms with E-state index in [1.807, 2.05) is 18.2 Å². The average Bonchev–Trinajstić information content (AvgIpc) is 2.91. The minimum absolute atomic E-state index is 0.132. The van der Waals surface area contributed by atoms with Gasteiger partial charge in [0, 0.05) is 23.7 Å². The van der Waals surface area contributed by atoms with E-state index in [4.69, 9.17) is 11.6 Å². The second-order valence-electron chi connectivity index (χ2n) is 11.3. The van der Waals surface area contributed by atoms with Crippen LogP contribution in [-0.2, 0) is 21.2 Å². The van der Waals surface area contributed by atoms with Crippen LogP contribution in [-0.4, -0.2) is 49.4 Å². The van der Waals surface area contributed by atoms with Gasteiger partial charge in [-0.2, -0.15) is 0 Å². The summed E-state index contributed by atoms with van der Waals surface area (Å²) in [5.74, 6) is -1.05. The van der Waals surface area contributed by atoms with Gasteiger partial charge in [0.25, 0.3) is 15.9 Å². The van der Waals surface area contributed by atoms with E-state index >= 15 is 0 Å². The molecule has 1 heterocycles. The number of hydrogen-bond acceptors (Lipinski definition) is 4. The summed E-state index contributed by atoms with van der Waals surface area (Å²) in [7, 11) is -4.41.